The fourth-order valence-electron chi connectivity index (χ4n) is 5.21. The normalized spacial score (nSPS) is 13.2. The van der Waals surface area contributed by atoms with Gasteiger partial charge in [0, 0.05) is 12.8 Å². The van der Waals surface area contributed by atoms with Gasteiger partial charge in [-0.1, -0.05) is 115 Å². The number of carbonyl (C=O) groups is 3. The van der Waals surface area contributed by atoms with Gasteiger partial charge in [-0.15, -0.1) is 0 Å². The lowest BCUT2D eigenvalue weighted by atomic mass is 10.1. The molecule has 0 saturated carbocycles. The molecule has 0 heterocycles. The summed E-state index contributed by atoms with van der Waals surface area (Å²) in [7, 11) is 5.89. The van der Waals surface area contributed by atoms with E-state index in [-0.39, 0.29) is 38.6 Å². The third-order valence-electron chi connectivity index (χ3n) is 8.42. The summed E-state index contributed by atoms with van der Waals surface area (Å²) in [6.07, 6.45) is 30.6. The van der Waals surface area contributed by atoms with Crippen LogP contribution in [0.1, 0.15) is 162 Å². The second-order valence-electron chi connectivity index (χ2n) is 14.6. The molecule has 0 N–H and O–H groups in total. The molecule has 0 aromatic carbocycles. The topological polar surface area (TPSA) is 111 Å². The average molecular weight is 710 g/mol. The van der Waals surface area contributed by atoms with E-state index in [1.54, 1.807) is 0 Å². The van der Waals surface area contributed by atoms with Gasteiger partial charge in [0.05, 0.1) is 40.3 Å². The van der Waals surface area contributed by atoms with Gasteiger partial charge in [0.25, 0.3) is 0 Å². The summed E-state index contributed by atoms with van der Waals surface area (Å²) in [6, 6.07) is 0. The predicted octanol–water partition coefficient (Wildman–Crippen LogP) is 8.38. The van der Waals surface area contributed by atoms with Crippen molar-refractivity contribution in [3.63, 3.8) is 0 Å². The lowest BCUT2D eigenvalue weighted by molar-refractivity contribution is -0.870. The van der Waals surface area contributed by atoms with Crippen LogP contribution in [0.2, 0.25) is 0 Å². The maximum atomic E-state index is 12.7. The molecule has 50 heavy (non-hydrogen) atoms. The number of hydrogen-bond acceptors (Lipinski definition) is 8. The number of esters is 2. The second-order valence-corrected chi connectivity index (χ2v) is 14.6. The maximum Gasteiger partial charge on any atom is 0.306 e. The number of carbonyl (C=O) groups excluding carboxylic acids is 3. The molecule has 0 aliphatic carbocycles. The highest BCUT2D eigenvalue weighted by molar-refractivity contribution is 5.70. The number of quaternary nitrogens is 1. The summed E-state index contributed by atoms with van der Waals surface area (Å²) < 4.78 is 22.4. The Hall–Kier alpha value is -2.23. The standard InChI is InChI=1S/C41H75NO8/c1-6-8-10-12-14-16-18-19-20-22-24-26-28-30-32-39(44)50-37(36-49-41(40(45)46)47-34-33-42(3,4)5)35-48-38(43)31-29-27-25-23-21-17-15-13-11-9-7-2/h13,15,18-19,37,41H,6-12,14,16-17,20-36H2,1-5H3/b15-13-,19-18-. The summed E-state index contributed by atoms with van der Waals surface area (Å²) >= 11 is 0. The van der Waals surface area contributed by atoms with Gasteiger partial charge in [0.15, 0.2) is 12.4 Å². The second kappa shape index (κ2) is 33.9. The monoisotopic (exact) mass is 710 g/mol. The van der Waals surface area contributed by atoms with Gasteiger partial charge in [-0.25, -0.2) is 0 Å². The molecule has 2 atom stereocenters. The van der Waals surface area contributed by atoms with Crippen LogP contribution >= 0.6 is 0 Å². The first-order valence-electron chi connectivity index (χ1n) is 20.0. The van der Waals surface area contributed by atoms with E-state index in [4.69, 9.17) is 18.9 Å². The summed E-state index contributed by atoms with van der Waals surface area (Å²) in [5.74, 6) is -2.31. The fraction of sp³-hybridized carbons (Fsp3) is 0.829. The predicted molar refractivity (Wildman–Crippen MR) is 200 cm³/mol. The molecule has 0 aromatic rings. The Kier molecular flexibility index (Phi) is 32.4. The number of allylic oxidation sites excluding steroid dienone is 4. The van der Waals surface area contributed by atoms with Gasteiger partial charge in [0.2, 0.25) is 0 Å². The number of likely N-dealkylation sites (N-methyl/N-ethyl adjacent to an activating group) is 1. The number of carboxylic acids is 1. The molecule has 0 saturated heterocycles. The Morgan fingerprint density at radius 2 is 1.04 bits per heavy atom. The minimum Gasteiger partial charge on any atom is -0.545 e. The number of nitrogens with zero attached hydrogens (tertiary/aromatic N) is 1. The number of carboxylic acid groups (broad SMARTS) is 1. The molecular weight excluding hydrogens is 634 g/mol. The Bertz CT molecular complexity index is 882. The van der Waals surface area contributed by atoms with Crippen LogP contribution in [0.3, 0.4) is 0 Å². The fourth-order valence-corrected chi connectivity index (χ4v) is 5.21. The quantitative estimate of drug-likeness (QED) is 0.0210. The molecule has 0 aliphatic rings. The van der Waals surface area contributed by atoms with E-state index in [1.807, 2.05) is 21.1 Å². The van der Waals surface area contributed by atoms with E-state index in [2.05, 4.69) is 38.2 Å². The number of hydrogen-bond donors (Lipinski definition) is 0. The van der Waals surface area contributed by atoms with Crippen LogP contribution in [0.4, 0.5) is 0 Å². The number of ether oxygens (including phenoxy) is 4. The van der Waals surface area contributed by atoms with Crippen molar-refractivity contribution < 1.29 is 42.9 Å². The molecule has 0 rings (SSSR count). The van der Waals surface area contributed by atoms with Gasteiger partial charge in [0.1, 0.15) is 13.2 Å². The molecule has 0 bridgehead atoms. The molecule has 0 fully saturated rings. The zero-order chi connectivity index (χ0) is 37.1. The van der Waals surface area contributed by atoms with Crippen LogP contribution in [-0.4, -0.2) is 82.3 Å². The largest absolute Gasteiger partial charge is 0.545 e. The number of rotatable bonds is 36. The smallest absolute Gasteiger partial charge is 0.306 e. The molecule has 2 unspecified atom stereocenters. The highest BCUT2D eigenvalue weighted by atomic mass is 16.7. The minimum atomic E-state index is -1.62. The van der Waals surface area contributed by atoms with E-state index in [0.717, 1.165) is 77.0 Å². The van der Waals surface area contributed by atoms with E-state index < -0.39 is 24.3 Å². The first-order valence-corrected chi connectivity index (χ1v) is 20.0. The SMILES string of the molecule is CCCC/C=C\CCCCCCCC(=O)OCC(COC(OCC[N+](C)(C)C)C(=O)[O-])OC(=O)CCCCCCC/C=C\CCCCCCC. The van der Waals surface area contributed by atoms with E-state index >= 15 is 0 Å². The summed E-state index contributed by atoms with van der Waals surface area (Å²) in [4.78, 5) is 36.7. The van der Waals surface area contributed by atoms with Crippen molar-refractivity contribution in [2.45, 2.75) is 174 Å². The summed E-state index contributed by atoms with van der Waals surface area (Å²) in [6.45, 7) is 4.65. The van der Waals surface area contributed by atoms with Crippen molar-refractivity contribution in [1.82, 2.24) is 0 Å². The van der Waals surface area contributed by atoms with Gasteiger partial charge >= 0.3 is 11.9 Å². The average Bonchev–Trinajstić information content (AvgIpc) is 3.06. The zero-order valence-electron chi connectivity index (χ0n) is 32.8. The molecule has 0 aromatic heterocycles. The van der Waals surface area contributed by atoms with Crippen LogP contribution in [-0.2, 0) is 33.3 Å². The Labute approximate surface area is 306 Å². The minimum absolute atomic E-state index is 0.145. The zero-order valence-corrected chi connectivity index (χ0v) is 32.8. The van der Waals surface area contributed by atoms with Crippen LogP contribution in [0, 0.1) is 0 Å². The van der Waals surface area contributed by atoms with Crippen molar-refractivity contribution >= 4 is 17.9 Å². The lowest BCUT2D eigenvalue weighted by Crippen LogP contribution is -2.44. The van der Waals surface area contributed by atoms with Gasteiger partial charge in [-0.05, 0) is 57.8 Å². The lowest BCUT2D eigenvalue weighted by Gasteiger charge is -2.26. The summed E-state index contributed by atoms with van der Waals surface area (Å²) in [5, 5.41) is 11.6. The van der Waals surface area contributed by atoms with E-state index in [9.17, 15) is 19.5 Å². The Balaban J connectivity index is 4.54. The van der Waals surface area contributed by atoms with Crippen molar-refractivity contribution in [3.05, 3.63) is 24.3 Å². The molecule has 9 nitrogen and oxygen atoms in total. The van der Waals surface area contributed by atoms with E-state index in [1.165, 1.54) is 51.4 Å². The van der Waals surface area contributed by atoms with Crippen molar-refractivity contribution in [1.29, 1.82) is 0 Å². The summed E-state index contributed by atoms with van der Waals surface area (Å²) in [5.41, 5.74) is 0. The van der Waals surface area contributed by atoms with Gasteiger partial charge < -0.3 is 33.3 Å². The Morgan fingerprint density at radius 1 is 0.580 bits per heavy atom. The van der Waals surface area contributed by atoms with Gasteiger partial charge in [-0.2, -0.15) is 0 Å². The Morgan fingerprint density at radius 3 is 1.54 bits per heavy atom. The molecule has 292 valence electrons. The van der Waals surface area contributed by atoms with Crippen LogP contribution in [0.5, 0.6) is 0 Å². The molecule has 0 aliphatic heterocycles. The van der Waals surface area contributed by atoms with Crippen LogP contribution in [0.25, 0.3) is 0 Å². The van der Waals surface area contributed by atoms with Gasteiger partial charge in [-0.3, -0.25) is 9.59 Å². The van der Waals surface area contributed by atoms with Crippen molar-refractivity contribution in [3.8, 4) is 0 Å². The molecule has 9 heteroatoms. The molecule has 0 spiro atoms. The first kappa shape index (κ1) is 47.8. The highest BCUT2D eigenvalue weighted by Gasteiger charge is 2.21. The van der Waals surface area contributed by atoms with Crippen molar-refractivity contribution in [2.24, 2.45) is 0 Å². The molecular formula is C41H75NO8. The van der Waals surface area contributed by atoms with Crippen LogP contribution < -0.4 is 5.11 Å². The van der Waals surface area contributed by atoms with Crippen LogP contribution in [0.15, 0.2) is 24.3 Å². The third kappa shape index (κ3) is 34.2. The number of aliphatic carboxylic acids is 1. The first-order chi connectivity index (χ1) is 24.1. The number of unbranched alkanes of at least 4 members (excludes halogenated alkanes) is 17. The maximum absolute atomic E-state index is 12.7. The molecule has 0 amide bonds. The van der Waals surface area contributed by atoms with Crippen molar-refractivity contribution in [2.75, 3.05) is 47.5 Å². The molecule has 0 radical (unpaired) electrons. The highest BCUT2D eigenvalue weighted by Crippen LogP contribution is 2.12. The third-order valence-corrected chi connectivity index (χ3v) is 8.42. The van der Waals surface area contributed by atoms with E-state index in [0.29, 0.717) is 17.4 Å².